The Labute approximate surface area is 112 Å². The first-order valence-electron chi connectivity index (χ1n) is 5.74. The third-order valence-electron chi connectivity index (χ3n) is 2.15. The van der Waals surface area contributed by atoms with Crippen LogP contribution in [0.15, 0.2) is 18.2 Å². The first-order valence-corrected chi connectivity index (χ1v) is 6.12. The molecule has 0 radical (unpaired) electrons. The average Bonchev–Trinajstić information content (AvgIpc) is 2.18. The summed E-state index contributed by atoms with van der Waals surface area (Å²) in [6.45, 7) is 7.26. The lowest BCUT2D eigenvalue weighted by molar-refractivity contribution is 0.0636. The van der Waals surface area contributed by atoms with Gasteiger partial charge in [0.1, 0.15) is 5.60 Å². The van der Waals surface area contributed by atoms with Crippen LogP contribution in [0.5, 0.6) is 0 Å². The van der Waals surface area contributed by atoms with Crippen LogP contribution in [-0.2, 0) is 4.74 Å². The molecule has 3 N–H and O–H groups in total. The summed E-state index contributed by atoms with van der Waals surface area (Å²) >= 11 is 6.01. The quantitative estimate of drug-likeness (QED) is 0.861. The summed E-state index contributed by atoms with van der Waals surface area (Å²) in [5, 5.41) is 3.06. The van der Waals surface area contributed by atoms with Crippen LogP contribution in [0.3, 0.4) is 0 Å². The van der Waals surface area contributed by atoms with Crippen molar-refractivity contribution in [1.82, 2.24) is 0 Å². The Hall–Kier alpha value is -1.26. The highest BCUT2D eigenvalue weighted by atomic mass is 35.5. The first kappa shape index (κ1) is 14.8. The molecule has 0 aliphatic heterocycles. The standard InChI is InChI=1S/C13H19ClN2O2/c1-8(15)9-5-6-10(14)11(7-9)16-12(17)18-13(2,3)4/h5-8H,15H2,1-4H3,(H,16,17). The van der Waals surface area contributed by atoms with E-state index in [1.54, 1.807) is 32.9 Å². The Morgan fingerprint density at radius 2 is 2.06 bits per heavy atom. The van der Waals surface area contributed by atoms with E-state index in [1.165, 1.54) is 0 Å². The van der Waals surface area contributed by atoms with Gasteiger partial charge in [0.15, 0.2) is 0 Å². The van der Waals surface area contributed by atoms with Crippen molar-refractivity contribution in [3.8, 4) is 0 Å². The summed E-state index contributed by atoms with van der Waals surface area (Å²) in [6, 6.07) is 5.15. The Kier molecular flexibility index (Phi) is 4.59. The minimum absolute atomic E-state index is 0.124. The lowest BCUT2D eigenvalue weighted by Crippen LogP contribution is -2.27. The molecule has 1 atom stereocenters. The van der Waals surface area contributed by atoms with E-state index in [2.05, 4.69) is 5.32 Å². The van der Waals surface area contributed by atoms with Crippen LogP contribution in [0, 0.1) is 0 Å². The van der Waals surface area contributed by atoms with E-state index in [4.69, 9.17) is 22.1 Å². The molecule has 0 saturated heterocycles. The zero-order valence-corrected chi connectivity index (χ0v) is 11.8. The van der Waals surface area contributed by atoms with E-state index in [-0.39, 0.29) is 6.04 Å². The second kappa shape index (κ2) is 5.59. The van der Waals surface area contributed by atoms with Crippen LogP contribution in [0.1, 0.15) is 39.3 Å². The fourth-order valence-electron chi connectivity index (χ4n) is 1.34. The maximum absolute atomic E-state index is 11.6. The molecule has 1 rings (SSSR count). The fourth-order valence-corrected chi connectivity index (χ4v) is 1.50. The van der Waals surface area contributed by atoms with Crippen LogP contribution < -0.4 is 11.1 Å². The number of nitrogens with one attached hydrogen (secondary N) is 1. The maximum Gasteiger partial charge on any atom is 0.412 e. The van der Waals surface area contributed by atoms with Gasteiger partial charge < -0.3 is 10.5 Å². The molecule has 0 aromatic heterocycles. The molecule has 1 aromatic carbocycles. The molecule has 1 unspecified atom stereocenters. The number of halogens is 1. The molecule has 0 aliphatic rings. The number of carbonyl (C=O) groups excluding carboxylic acids is 1. The topological polar surface area (TPSA) is 64.3 Å². The normalized spacial score (nSPS) is 13.0. The predicted octanol–water partition coefficient (Wildman–Crippen LogP) is 3.71. The highest BCUT2D eigenvalue weighted by Crippen LogP contribution is 2.25. The number of anilines is 1. The van der Waals surface area contributed by atoms with Gasteiger partial charge in [-0.15, -0.1) is 0 Å². The number of carbonyl (C=O) groups is 1. The van der Waals surface area contributed by atoms with Crippen molar-refractivity contribution in [1.29, 1.82) is 0 Å². The van der Waals surface area contributed by atoms with Gasteiger partial charge in [0.2, 0.25) is 0 Å². The summed E-state index contributed by atoms with van der Waals surface area (Å²) in [5.41, 5.74) is 6.63. The van der Waals surface area contributed by atoms with Crippen molar-refractivity contribution < 1.29 is 9.53 Å². The number of rotatable bonds is 2. The Morgan fingerprint density at radius 3 is 2.56 bits per heavy atom. The third-order valence-corrected chi connectivity index (χ3v) is 2.48. The van der Waals surface area contributed by atoms with Crippen LogP contribution in [0.4, 0.5) is 10.5 Å². The Morgan fingerprint density at radius 1 is 1.44 bits per heavy atom. The van der Waals surface area contributed by atoms with Crippen LogP contribution in [-0.4, -0.2) is 11.7 Å². The molecule has 0 aliphatic carbocycles. The molecule has 1 aromatic rings. The zero-order chi connectivity index (χ0) is 13.9. The second-order valence-corrected chi connectivity index (χ2v) is 5.56. The molecule has 0 saturated carbocycles. The van der Waals surface area contributed by atoms with Crippen molar-refractivity contribution in [2.75, 3.05) is 5.32 Å². The molecule has 4 nitrogen and oxygen atoms in total. The second-order valence-electron chi connectivity index (χ2n) is 5.15. The van der Waals surface area contributed by atoms with Crippen LogP contribution >= 0.6 is 11.6 Å². The number of amides is 1. The van der Waals surface area contributed by atoms with Gasteiger partial charge in [-0.3, -0.25) is 5.32 Å². The number of ether oxygens (including phenoxy) is 1. The van der Waals surface area contributed by atoms with Crippen LogP contribution in [0.25, 0.3) is 0 Å². The smallest absolute Gasteiger partial charge is 0.412 e. The van der Waals surface area contributed by atoms with Gasteiger partial charge in [0.25, 0.3) is 0 Å². The molecule has 5 heteroatoms. The first-order chi connectivity index (χ1) is 8.19. The summed E-state index contributed by atoms with van der Waals surface area (Å²) in [5.74, 6) is 0. The van der Waals surface area contributed by atoms with Crippen molar-refractivity contribution >= 4 is 23.4 Å². The SMILES string of the molecule is CC(N)c1ccc(Cl)c(NC(=O)OC(C)(C)C)c1. The van der Waals surface area contributed by atoms with E-state index in [9.17, 15) is 4.79 Å². The summed E-state index contributed by atoms with van der Waals surface area (Å²) in [4.78, 5) is 11.6. The number of benzene rings is 1. The molecule has 1 amide bonds. The third kappa shape index (κ3) is 4.55. The lowest BCUT2D eigenvalue weighted by atomic mass is 10.1. The summed E-state index contributed by atoms with van der Waals surface area (Å²) in [7, 11) is 0. The highest BCUT2D eigenvalue weighted by Gasteiger charge is 2.17. The molecule has 100 valence electrons. The molecular weight excluding hydrogens is 252 g/mol. The van der Waals surface area contributed by atoms with E-state index in [0.29, 0.717) is 10.7 Å². The molecular formula is C13H19ClN2O2. The summed E-state index contributed by atoms with van der Waals surface area (Å²) < 4.78 is 5.16. The van der Waals surface area contributed by atoms with Gasteiger partial charge >= 0.3 is 6.09 Å². The van der Waals surface area contributed by atoms with Gasteiger partial charge in [-0.2, -0.15) is 0 Å². The fraction of sp³-hybridized carbons (Fsp3) is 0.462. The predicted molar refractivity (Wildman–Crippen MR) is 73.9 cm³/mol. The zero-order valence-electron chi connectivity index (χ0n) is 11.1. The van der Waals surface area contributed by atoms with Crippen LogP contribution in [0.2, 0.25) is 5.02 Å². The Balaban J connectivity index is 2.84. The minimum atomic E-state index is -0.546. The lowest BCUT2D eigenvalue weighted by Gasteiger charge is -2.20. The molecule has 0 bridgehead atoms. The van der Waals surface area contributed by atoms with E-state index >= 15 is 0 Å². The van der Waals surface area contributed by atoms with Gasteiger partial charge in [0, 0.05) is 6.04 Å². The number of nitrogens with two attached hydrogens (primary N) is 1. The van der Waals surface area contributed by atoms with Crippen molar-refractivity contribution in [2.45, 2.75) is 39.3 Å². The number of hydrogen-bond acceptors (Lipinski definition) is 3. The van der Waals surface area contributed by atoms with Gasteiger partial charge in [0.05, 0.1) is 10.7 Å². The van der Waals surface area contributed by atoms with Gasteiger partial charge in [-0.1, -0.05) is 17.7 Å². The van der Waals surface area contributed by atoms with Gasteiger partial charge in [-0.05, 0) is 45.4 Å². The molecule has 0 fully saturated rings. The van der Waals surface area contributed by atoms with E-state index in [1.807, 2.05) is 13.0 Å². The van der Waals surface area contributed by atoms with Crippen molar-refractivity contribution in [3.63, 3.8) is 0 Å². The van der Waals surface area contributed by atoms with Gasteiger partial charge in [-0.25, -0.2) is 4.79 Å². The van der Waals surface area contributed by atoms with E-state index < -0.39 is 11.7 Å². The largest absolute Gasteiger partial charge is 0.444 e. The van der Waals surface area contributed by atoms with Crippen molar-refractivity contribution in [2.24, 2.45) is 5.73 Å². The molecule has 0 spiro atoms. The van der Waals surface area contributed by atoms with Crippen molar-refractivity contribution in [3.05, 3.63) is 28.8 Å². The average molecular weight is 271 g/mol. The maximum atomic E-state index is 11.6. The van der Waals surface area contributed by atoms with E-state index in [0.717, 1.165) is 5.56 Å². The molecule has 0 heterocycles. The highest BCUT2D eigenvalue weighted by molar-refractivity contribution is 6.33. The number of hydrogen-bond donors (Lipinski definition) is 2. The monoisotopic (exact) mass is 270 g/mol. The summed E-state index contributed by atoms with van der Waals surface area (Å²) in [6.07, 6.45) is -0.536. The minimum Gasteiger partial charge on any atom is -0.444 e. The Bertz CT molecular complexity index is 439. The molecule has 18 heavy (non-hydrogen) atoms.